The van der Waals surface area contributed by atoms with Crippen molar-refractivity contribution in [2.24, 2.45) is 0 Å². The highest BCUT2D eigenvalue weighted by Gasteiger charge is 2.33. The summed E-state index contributed by atoms with van der Waals surface area (Å²) >= 11 is 0. The van der Waals surface area contributed by atoms with Crippen LogP contribution in [-0.4, -0.2) is 31.3 Å². The molecule has 0 spiro atoms. The average molecular weight is 297 g/mol. The summed E-state index contributed by atoms with van der Waals surface area (Å²) in [6.45, 7) is 7.03. The van der Waals surface area contributed by atoms with E-state index in [-0.39, 0.29) is 11.8 Å². The largest absolute Gasteiger partial charge is 0.493 e. The van der Waals surface area contributed by atoms with Gasteiger partial charge in [0.2, 0.25) is 0 Å². The number of benzene rings is 1. The first kappa shape index (κ1) is 17.4. The Morgan fingerprint density at radius 3 is 2.76 bits per heavy atom. The molecule has 0 saturated carbocycles. The van der Waals surface area contributed by atoms with Gasteiger partial charge in [-0.15, -0.1) is 0 Å². The smallest absolute Gasteiger partial charge is 0.326 e. The Bertz CT molecular complexity index is 453. The molecule has 1 rings (SSSR count). The lowest BCUT2D eigenvalue weighted by atomic mass is 9.96. The lowest BCUT2D eigenvalue weighted by Gasteiger charge is -2.28. The summed E-state index contributed by atoms with van der Waals surface area (Å²) < 4.78 is 23.6. The number of nitrogens with one attached hydrogen (secondary N) is 1. The first-order valence-corrected chi connectivity index (χ1v) is 7.32. The number of hydrogen-bond acceptors (Lipinski definition) is 4. The van der Waals surface area contributed by atoms with Crippen LogP contribution in [0.2, 0.25) is 0 Å². The Morgan fingerprint density at radius 2 is 2.14 bits per heavy atom. The summed E-state index contributed by atoms with van der Waals surface area (Å²) in [5.41, 5.74) is -0.712. The molecule has 1 atom stereocenters. The molecule has 0 fully saturated rings. The molecule has 1 N–H and O–H groups in total. The van der Waals surface area contributed by atoms with Crippen LogP contribution in [0.5, 0.6) is 5.75 Å². The van der Waals surface area contributed by atoms with E-state index in [1.54, 1.807) is 19.1 Å². The van der Waals surface area contributed by atoms with Crippen LogP contribution in [0.25, 0.3) is 0 Å². The predicted molar refractivity (Wildman–Crippen MR) is 79.8 cm³/mol. The van der Waals surface area contributed by atoms with Gasteiger partial charge in [0, 0.05) is 6.07 Å². The molecule has 5 heteroatoms. The van der Waals surface area contributed by atoms with E-state index in [4.69, 9.17) is 9.47 Å². The average Bonchev–Trinajstić information content (AvgIpc) is 2.44. The van der Waals surface area contributed by atoms with E-state index in [9.17, 15) is 9.18 Å². The zero-order valence-corrected chi connectivity index (χ0v) is 12.9. The van der Waals surface area contributed by atoms with Crippen LogP contribution in [0.3, 0.4) is 0 Å². The molecule has 4 nitrogen and oxygen atoms in total. The van der Waals surface area contributed by atoms with Crippen LogP contribution >= 0.6 is 0 Å². The van der Waals surface area contributed by atoms with Crippen molar-refractivity contribution in [3.05, 3.63) is 30.1 Å². The normalized spacial score (nSPS) is 13.5. The maximum absolute atomic E-state index is 13.0. The van der Waals surface area contributed by atoms with Crippen LogP contribution in [0, 0.1) is 5.82 Å². The van der Waals surface area contributed by atoms with Gasteiger partial charge in [-0.3, -0.25) is 4.79 Å². The summed E-state index contributed by atoms with van der Waals surface area (Å²) in [6.07, 6.45) is 1.26. The highest BCUT2D eigenvalue weighted by molar-refractivity contribution is 5.80. The van der Waals surface area contributed by atoms with Crippen molar-refractivity contribution in [3.8, 4) is 5.75 Å². The quantitative estimate of drug-likeness (QED) is 0.562. The molecule has 0 amide bonds. The van der Waals surface area contributed by atoms with Gasteiger partial charge in [-0.2, -0.15) is 0 Å². The number of halogens is 1. The van der Waals surface area contributed by atoms with Gasteiger partial charge in [0.05, 0.1) is 13.2 Å². The summed E-state index contributed by atoms with van der Waals surface area (Å²) in [7, 11) is 0. The molecule has 1 aromatic carbocycles. The third kappa shape index (κ3) is 5.71. The highest BCUT2D eigenvalue weighted by atomic mass is 19.1. The van der Waals surface area contributed by atoms with Crippen molar-refractivity contribution in [3.63, 3.8) is 0 Å². The molecule has 0 aliphatic heterocycles. The highest BCUT2D eigenvalue weighted by Crippen LogP contribution is 2.17. The topological polar surface area (TPSA) is 47.6 Å². The Hall–Kier alpha value is -1.62. The van der Waals surface area contributed by atoms with Crippen LogP contribution in [-0.2, 0) is 9.53 Å². The molecule has 0 radical (unpaired) electrons. The summed E-state index contributed by atoms with van der Waals surface area (Å²) in [4.78, 5) is 12.0. The van der Waals surface area contributed by atoms with Crippen molar-refractivity contribution in [2.45, 2.75) is 39.2 Å². The SMILES string of the molecule is CCNC(C)(CCCOc1cccc(F)c1)C(=O)OCC. The number of rotatable bonds is 9. The van der Waals surface area contributed by atoms with Gasteiger partial charge in [0.1, 0.15) is 17.1 Å². The fourth-order valence-electron chi connectivity index (χ4n) is 2.12. The zero-order valence-electron chi connectivity index (χ0n) is 12.9. The third-order valence-electron chi connectivity index (χ3n) is 3.18. The van der Waals surface area contributed by atoms with Crippen molar-refractivity contribution in [1.29, 1.82) is 0 Å². The molecular weight excluding hydrogens is 273 g/mol. The monoisotopic (exact) mass is 297 g/mol. The van der Waals surface area contributed by atoms with E-state index in [1.807, 2.05) is 13.8 Å². The standard InChI is InChI=1S/C16H24FNO3/c1-4-18-16(3,15(19)20-5-2)10-7-11-21-14-9-6-8-13(17)12-14/h6,8-9,12,18H,4-5,7,10-11H2,1-3H3. The minimum atomic E-state index is -0.712. The first-order valence-electron chi connectivity index (χ1n) is 7.32. The maximum Gasteiger partial charge on any atom is 0.326 e. The number of hydrogen-bond donors (Lipinski definition) is 1. The minimum absolute atomic E-state index is 0.252. The third-order valence-corrected chi connectivity index (χ3v) is 3.18. The Balaban J connectivity index is 2.45. The molecule has 1 aromatic rings. The van der Waals surface area contributed by atoms with E-state index < -0.39 is 5.54 Å². The summed E-state index contributed by atoms with van der Waals surface area (Å²) in [5, 5.41) is 3.16. The Labute approximate surface area is 125 Å². The van der Waals surface area contributed by atoms with Crippen molar-refractivity contribution >= 4 is 5.97 Å². The van der Waals surface area contributed by atoms with Crippen molar-refractivity contribution < 1.29 is 18.7 Å². The lowest BCUT2D eigenvalue weighted by molar-refractivity contribution is -0.150. The molecule has 0 bridgehead atoms. The van der Waals surface area contributed by atoms with Gasteiger partial charge in [-0.05, 0) is 45.4 Å². The summed E-state index contributed by atoms with van der Waals surface area (Å²) in [6, 6.07) is 6.02. The number of carbonyl (C=O) groups excluding carboxylic acids is 1. The molecule has 0 aliphatic rings. The molecular formula is C16H24FNO3. The van der Waals surface area contributed by atoms with E-state index in [1.165, 1.54) is 12.1 Å². The molecule has 0 aliphatic carbocycles. The number of carbonyl (C=O) groups is 1. The van der Waals surface area contributed by atoms with Crippen LogP contribution in [0.1, 0.15) is 33.6 Å². The van der Waals surface area contributed by atoms with Gasteiger partial charge in [0.25, 0.3) is 0 Å². The molecule has 1 unspecified atom stereocenters. The lowest BCUT2D eigenvalue weighted by Crippen LogP contribution is -2.50. The van der Waals surface area contributed by atoms with Crippen LogP contribution in [0.15, 0.2) is 24.3 Å². The van der Waals surface area contributed by atoms with E-state index in [0.29, 0.717) is 38.3 Å². The number of ether oxygens (including phenoxy) is 2. The predicted octanol–water partition coefficient (Wildman–Crippen LogP) is 2.92. The van der Waals surface area contributed by atoms with E-state index >= 15 is 0 Å². The van der Waals surface area contributed by atoms with Crippen molar-refractivity contribution in [1.82, 2.24) is 5.32 Å². The van der Waals surface area contributed by atoms with E-state index in [2.05, 4.69) is 5.32 Å². The Kier molecular flexibility index (Phi) is 7.15. The van der Waals surface area contributed by atoms with Gasteiger partial charge in [-0.1, -0.05) is 13.0 Å². The van der Waals surface area contributed by atoms with Gasteiger partial charge < -0.3 is 14.8 Å². The second kappa shape index (κ2) is 8.62. The minimum Gasteiger partial charge on any atom is -0.493 e. The fourth-order valence-corrected chi connectivity index (χ4v) is 2.12. The second-order valence-electron chi connectivity index (χ2n) is 4.99. The van der Waals surface area contributed by atoms with E-state index in [0.717, 1.165) is 0 Å². The van der Waals surface area contributed by atoms with Crippen LogP contribution in [0.4, 0.5) is 4.39 Å². The second-order valence-corrected chi connectivity index (χ2v) is 4.99. The number of esters is 1. The molecule has 118 valence electrons. The number of likely N-dealkylation sites (N-methyl/N-ethyl adjacent to an activating group) is 1. The Morgan fingerprint density at radius 1 is 1.38 bits per heavy atom. The molecule has 0 heterocycles. The molecule has 0 saturated heterocycles. The van der Waals surface area contributed by atoms with Gasteiger partial charge in [-0.25, -0.2) is 4.39 Å². The van der Waals surface area contributed by atoms with Gasteiger partial charge >= 0.3 is 5.97 Å². The van der Waals surface area contributed by atoms with Crippen LogP contribution < -0.4 is 10.1 Å². The molecule has 0 aromatic heterocycles. The van der Waals surface area contributed by atoms with Crippen molar-refractivity contribution in [2.75, 3.05) is 19.8 Å². The zero-order chi connectivity index (χ0) is 15.7. The fraction of sp³-hybridized carbons (Fsp3) is 0.562. The maximum atomic E-state index is 13.0. The summed E-state index contributed by atoms with van der Waals surface area (Å²) in [5.74, 6) is -0.0783. The van der Waals surface area contributed by atoms with Gasteiger partial charge in [0.15, 0.2) is 0 Å². The molecule has 21 heavy (non-hydrogen) atoms. The first-order chi connectivity index (χ1) is 10.0.